The quantitative estimate of drug-likeness (QED) is 0.458. The van der Waals surface area contributed by atoms with Crippen molar-refractivity contribution in [2.24, 2.45) is 0 Å². The SMILES string of the molecule is Cc1ccc(-n2ncc3c(=O)n(CCC(=O)N4CCN(c5ccc(F)cc5)CC4)cnc32)cc1. The normalized spacial score (nSPS) is 14.1. The van der Waals surface area contributed by atoms with E-state index in [0.29, 0.717) is 37.2 Å². The fourth-order valence-electron chi connectivity index (χ4n) is 4.22. The molecule has 8 nitrogen and oxygen atoms in total. The summed E-state index contributed by atoms with van der Waals surface area (Å²) in [5.74, 6) is -0.260. The number of carbonyl (C=O) groups excluding carboxylic acids is 1. The number of anilines is 1. The first kappa shape index (κ1) is 21.8. The average molecular weight is 461 g/mol. The van der Waals surface area contributed by atoms with Crippen LogP contribution in [-0.4, -0.2) is 56.3 Å². The molecule has 0 saturated carbocycles. The molecule has 0 unspecified atom stereocenters. The summed E-state index contributed by atoms with van der Waals surface area (Å²) in [6, 6.07) is 14.2. The molecule has 0 atom stereocenters. The van der Waals surface area contributed by atoms with Crippen LogP contribution in [0.25, 0.3) is 16.7 Å². The topological polar surface area (TPSA) is 76.3 Å². The average Bonchev–Trinajstić information content (AvgIpc) is 3.29. The van der Waals surface area contributed by atoms with Crippen molar-refractivity contribution in [3.8, 4) is 5.69 Å². The maximum absolute atomic E-state index is 13.1. The molecule has 4 aromatic rings. The third kappa shape index (κ3) is 4.28. The number of nitrogens with zero attached hydrogens (tertiary/aromatic N) is 6. The van der Waals surface area contributed by atoms with Gasteiger partial charge < -0.3 is 9.80 Å². The van der Waals surface area contributed by atoms with E-state index in [-0.39, 0.29) is 30.2 Å². The minimum Gasteiger partial charge on any atom is -0.368 e. The fourth-order valence-corrected chi connectivity index (χ4v) is 4.22. The van der Waals surface area contributed by atoms with Gasteiger partial charge in [0.25, 0.3) is 5.56 Å². The first-order valence-electron chi connectivity index (χ1n) is 11.3. The van der Waals surface area contributed by atoms with Gasteiger partial charge in [0.2, 0.25) is 5.91 Å². The smallest absolute Gasteiger partial charge is 0.264 e. The van der Waals surface area contributed by atoms with Gasteiger partial charge in [-0.05, 0) is 43.3 Å². The highest BCUT2D eigenvalue weighted by atomic mass is 19.1. The zero-order valence-corrected chi connectivity index (χ0v) is 18.9. The van der Waals surface area contributed by atoms with Gasteiger partial charge >= 0.3 is 0 Å². The van der Waals surface area contributed by atoms with Crippen molar-refractivity contribution in [1.29, 1.82) is 0 Å². The number of benzene rings is 2. The molecule has 1 aliphatic rings. The Balaban J connectivity index is 1.22. The van der Waals surface area contributed by atoms with Crippen LogP contribution in [0.4, 0.5) is 10.1 Å². The van der Waals surface area contributed by atoms with Gasteiger partial charge in [-0.3, -0.25) is 14.2 Å². The minimum atomic E-state index is -0.261. The predicted molar refractivity (Wildman–Crippen MR) is 128 cm³/mol. The third-order valence-electron chi connectivity index (χ3n) is 6.22. The summed E-state index contributed by atoms with van der Waals surface area (Å²) in [6.45, 7) is 4.81. The molecular formula is C25H25FN6O2. The molecule has 1 amide bonds. The molecule has 34 heavy (non-hydrogen) atoms. The molecule has 1 fully saturated rings. The number of fused-ring (bicyclic) bond motifs is 1. The summed E-state index contributed by atoms with van der Waals surface area (Å²) in [5, 5.41) is 4.76. The largest absolute Gasteiger partial charge is 0.368 e. The van der Waals surface area contributed by atoms with Crippen LogP contribution in [0.2, 0.25) is 0 Å². The van der Waals surface area contributed by atoms with Crippen LogP contribution in [0.15, 0.2) is 65.8 Å². The van der Waals surface area contributed by atoms with Crippen LogP contribution in [0.5, 0.6) is 0 Å². The number of hydrogen-bond acceptors (Lipinski definition) is 5. The number of rotatable bonds is 5. The summed E-state index contributed by atoms with van der Waals surface area (Å²) < 4.78 is 16.3. The lowest BCUT2D eigenvalue weighted by atomic mass is 10.2. The number of aryl methyl sites for hydroxylation is 2. The van der Waals surface area contributed by atoms with Crippen LogP contribution in [0.3, 0.4) is 0 Å². The van der Waals surface area contributed by atoms with Crippen LogP contribution in [0, 0.1) is 12.7 Å². The first-order chi connectivity index (χ1) is 16.5. The van der Waals surface area contributed by atoms with Crippen molar-refractivity contribution in [2.45, 2.75) is 19.9 Å². The highest BCUT2D eigenvalue weighted by Gasteiger charge is 2.21. The van der Waals surface area contributed by atoms with Gasteiger partial charge in [0, 0.05) is 44.8 Å². The number of carbonyl (C=O) groups is 1. The Hall–Kier alpha value is -4.01. The van der Waals surface area contributed by atoms with E-state index in [4.69, 9.17) is 0 Å². The molecule has 2 aromatic carbocycles. The number of amides is 1. The lowest BCUT2D eigenvalue weighted by molar-refractivity contribution is -0.131. The molecule has 2 aromatic heterocycles. The van der Waals surface area contributed by atoms with Gasteiger partial charge in [0.1, 0.15) is 11.2 Å². The number of aromatic nitrogens is 4. The molecule has 9 heteroatoms. The molecule has 0 radical (unpaired) electrons. The second-order valence-electron chi connectivity index (χ2n) is 8.47. The Kier molecular flexibility index (Phi) is 5.83. The summed E-state index contributed by atoms with van der Waals surface area (Å²) in [5.41, 5.74) is 3.20. The molecule has 3 heterocycles. The highest BCUT2D eigenvalue weighted by molar-refractivity contribution is 5.77. The summed E-state index contributed by atoms with van der Waals surface area (Å²) in [7, 11) is 0. The van der Waals surface area contributed by atoms with Crippen LogP contribution in [0.1, 0.15) is 12.0 Å². The molecule has 1 aliphatic heterocycles. The Bertz CT molecular complexity index is 1370. The highest BCUT2D eigenvalue weighted by Crippen LogP contribution is 2.18. The third-order valence-corrected chi connectivity index (χ3v) is 6.22. The van der Waals surface area contributed by atoms with Crippen LogP contribution < -0.4 is 10.5 Å². The van der Waals surface area contributed by atoms with Gasteiger partial charge in [0.15, 0.2) is 5.65 Å². The van der Waals surface area contributed by atoms with E-state index in [1.165, 1.54) is 29.2 Å². The summed E-state index contributed by atoms with van der Waals surface area (Å²) in [4.78, 5) is 34.1. The maximum Gasteiger partial charge on any atom is 0.264 e. The zero-order valence-electron chi connectivity index (χ0n) is 18.9. The fraction of sp³-hybridized carbons (Fsp3) is 0.280. The Morgan fingerprint density at radius 1 is 0.971 bits per heavy atom. The van der Waals surface area contributed by atoms with Crippen molar-refractivity contribution >= 4 is 22.6 Å². The van der Waals surface area contributed by atoms with Crippen molar-refractivity contribution in [1.82, 2.24) is 24.2 Å². The van der Waals surface area contributed by atoms with Crippen molar-refractivity contribution in [3.05, 3.63) is 82.8 Å². The van der Waals surface area contributed by atoms with Crippen molar-refractivity contribution < 1.29 is 9.18 Å². The second-order valence-corrected chi connectivity index (χ2v) is 8.47. The van der Waals surface area contributed by atoms with Crippen LogP contribution in [-0.2, 0) is 11.3 Å². The second kappa shape index (κ2) is 9.09. The Morgan fingerprint density at radius 2 is 1.65 bits per heavy atom. The van der Waals surface area contributed by atoms with Gasteiger partial charge in [-0.25, -0.2) is 14.1 Å². The molecule has 0 spiro atoms. The predicted octanol–water partition coefficient (Wildman–Crippen LogP) is 2.77. The molecule has 0 N–H and O–H groups in total. The van der Waals surface area contributed by atoms with Crippen molar-refractivity contribution in [2.75, 3.05) is 31.1 Å². The molecule has 0 aliphatic carbocycles. The number of piperazine rings is 1. The summed E-state index contributed by atoms with van der Waals surface area (Å²) >= 11 is 0. The van der Waals surface area contributed by atoms with Gasteiger partial charge in [-0.1, -0.05) is 17.7 Å². The van der Waals surface area contributed by atoms with E-state index in [1.54, 1.807) is 16.8 Å². The molecule has 1 saturated heterocycles. The first-order valence-corrected chi connectivity index (χ1v) is 11.3. The standard InChI is InChI=1S/C25H25FN6O2/c1-18-2-6-21(7-3-18)32-24-22(16-28-32)25(34)31(17-27-24)11-10-23(33)30-14-12-29(13-15-30)20-8-4-19(26)5-9-20/h2-9,16-17H,10-15H2,1H3. The zero-order chi connectivity index (χ0) is 23.7. The van der Waals surface area contributed by atoms with Gasteiger partial charge in [0.05, 0.1) is 18.2 Å². The van der Waals surface area contributed by atoms with Crippen molar-refractivity contribution in [3.63, 3.8) is 0 Å². The molecule has 5 rings (SSSR count). The van der Waals surface area contributed by atoms with E-state index >= 15 is 0 Å². The molecule has 0 bridgehead atoms. The van der Waals surface area contributed by atoms with E-state index in [9.17, 15) is 14.0 Å². The van der Waals surface area contributed by atoms with Crippen LogP contribution >= 0.6 is 0 Å². The number of hydrogen-bond donors (Lipinski definition) is 0. The van der Waals surface area contributed by atoms with E-state index < -0.39 is 0 Å². The van der Waals surface area contributed by atoms with E-state index in [0.717, 1.165) is 16.9 Å². The Labute approximate surface area is 195 Å². The van der Waals surface area contributed by atoms with Gasteiger partial charge in [-0.15, -0.1) is 0 Å². The monoisotopic (exact) mass is 460 g/mol. The lowest BCUT2D eigenvalue weighted by Gasteiger charge is -2.36. The molecule has 174 valence electrons. The molecular weight excluding hydrogens is 435 g/mol. The Morgan fingerprint density at radius 3 is 2.35 bits per heavy atom. The lowest BCUT2D eigenvalue weighted by Crippen LogP contribution is -2.49. The summed E-state index contributed by atoms with van der Waals surface area (Å²) in [6.07, 6.45) is 3.23. The van der Waals surface area contributed by atoms with Gasteiger partial charge in [-0.2, -0.15) is 5.10 Å². The minimum absolute atomic E-state index is 0.00102. The number of halogens is 1. The maximum atomic E-state index is 13.1. The van der Waals surface area contributed by atoms with E-state index in [1.807, 2.05) is 36.1 Å². The van der Waals surface area contributed by atoms with E-state index in [2.05, 4.69) is 15.0 Å².